The monoisotopic (exact) mass is 226 g/mol. The predicted molar refractivity (Wildman–Crippen MR) is 65.1 cm³/mol. The Hall–Kier alpha value is -0.0800. The van der Waals surface area contributed by atoms with Crippen LogP contribution in [0.5, 0.6) is 0 Å². The van der Waals surface area contributed by atoms with Crippen LogP contribution in [-0.2, 0) is 0 Å². The molecule has 0 aromatic rings. The highest BCUT2D eigenvalue weighted by atomic mass is 16.3. The van der Waals surface area contributed by atoms with Gasteiger partial charge in [0.1, 0.15) is 0 Å². The van der Waals surface area contributed by atoms with Gasteiger partial charge < -0.3 is 10.2 Å². The van der Waals surface area contributed by atoms with Gasteiger partial charge in [0.25, 0.3) is 0 Å². The van der Waals surface area contributed by atoms with Crippen molar-refractivity contribution in [2.45, 2.75) is 71.5 Å². The van der Waals surface area contributed by atoms with Crippen molar-refractivity contribution in [3.63, 3.8) is 0 Å². The molecule has 0 radical (unpaired) electrons. The molecular weight excluding hydrogens is 200 g/mol. The highest BCUT2D eigenvalue weighted by molar-refractivity contribution is 5.10. The Bertz CT molecular complexity index is 282. The molecule has 0 aromatic carbocycles. The fraction of sp³-hybridized carbons (Fsp3) is 1.00. The first-order chi connectivity index (χ1) is 7.22. The van der Waals surface area contributed by atoms with E-state index < -0.39 is 5.60 Å². The lowest BCUT2D eigenvalue weighted by atomic mass is 9.46. The van der Waals surface area contributed by atoms with Crippen LogP contribution in [0.25, 0.3) is 0 Å². The quantitative estimate of drug-likeness (QED) is 0.667. The maximum absolute atomic E-state index is 10.7. The summed E-state index contributed by atoms with van der Waals surface area (Å²) in [5.74, 6) is 0.438. The zero-order chi connectivity index (χ0) is 12.2. The lowest BCUT2D eigenvalue weighted by Crippen LogP contribution is -2.63. The molecule has 2 aliphatic carbocycles. The van der Waals surface area contributed by atoms with Gasteiger partial charge in [-0.15, -0.1) is 0 Å². The van der Waals surface area contributed by atoms with E-state index in [-0.39, 0.29) is 16.9 Å². The lowest BCUT2D eigenvalue weighted by Gasteiger charge is -2.61. The molecule has 1 unspecified atom stereocenters. The number of hydrogen-bond donors (Lipinski definition) is 2. The lowest BCUT2D eigenvalue weighted by molar-refractivity contribution is -0.222. The van der Waals surface area contributed by atoms with Crippen LogP contribution in [-0.4, -0.2) is 21.9 Å². The van der Waals surface area contributed by atoms with Gasteiger partial charge in [0.15, 0.2) is 0 Å². The van der Waals surface area contributed by atoms with Gasteiger partial charge in [-0.3, -0.25) is 0 Å². The predicted octanol–water partition coefficient (Wildman–Crippen LogP) is 2.72. The van der Waals surface area contributed by atoms with Crippen molar-refractivity contribution in [2.75, 3.05) is 0 Å². The van der Waals surface area contributed by atoms with Crippen LogP contribution in [0.3, 0.4) is 0 Å². The molecule has 4 atom stereocenters. The SMILES string of the molecule is CC1(C)CC[C@H](O)[C@]2(C)C1CCC[C@]2(C)O. The van der Waals surface area contributed by atoms with Gasteiger partial charge in [-0.25, -0.2) is 0 Å². The van der Waals surface area contributed by atoms with Crippen LogP contribution < -0.4 is 0 Å². The Morgan fingerprint density at radius 3 is 2.19 bits per heavy atom. The normalized spacial score (nSPS) is 52.1. The Kier molecular flexibility index (Phi) is 2.67. The summed E-state index contributed by atoms with van der Waals surface area (Å²) in [6.07, 6.45) is 4.62. The molecule has 2 N–H and O–H groups in total. The van der Waals surface area contributed by atoms with Gasteiger partial charge >= 0.3 is 0 Å². The Labute approximate surface area is 99.1 Å². The molecule has 94 valence electrons. The topological polar surface area (TPSA) is 40.5 Å². The number of aliphatic hydroxyl groups excluding tert-OH is 1. The molecule has 2 nitrogen and oxygen atoms in total. The zero-order valence-corrected chi connectivity index (χ0v) is 11.1. The first-order valence-corrected chi connectivity index (χ1v) is 6.62. The Morgan fingerprint density at radius 1 is 1.00 bits per heavy atom. The van der Waals surface area contributed by atoms with Crippen molar-refractivity contribution in [1.29, 1.82) is 0 Å². The molecule has 0 aliphatic heterocycles. The van der Waals surface area contributed by atoms with Crippen LogP contribution in [0, 0.1) is 16.7 Å². The summed E-state index contributed by atoms with van der Waals surface area (Å²) in [7, 11) is 0. The number of aliphatic hydroxyl groups is 2. The standard InChI is InChI=1S/C14H26O2/c1-12(2)9-7-11(15)14(4)10(12)6-5-8-13(14,3)16/h10-11,15-16H,5-9H2,1-4H3/t10?,11-,13-,14-/m0/s1. The number of fused-ring (bicyclic) bond motifs is 1. The third-order valence-electron chi connectivity index (χ3n) is 5.74. The second-order valence-corrected chi connectivity index (χ2v) is 7.04. The smallest absolute Gasteiger partial charge is 0.0700 e. The molecule has 2 aliphatic rings. The molecule has 2 fully saturated rings. The van der Waals surface area contributed by atoms with E-state index in [9.17, 15) is 10.2 Å². The summed E-state index contributed by atoms with van der Waals surface area (Å²) >= 11 is 0. The van der Waals surface area contributed by atoms with Crippen molar-refractivity contribution in [3.8, 4) is 0 Å². The van der Waals surface area contributed by atoms with Crippen LogP contribution in [0.15, 0.2) is 0 Å². The van der Waals surface area contributed by atoms with Crippen molar-refractivity contribution >= 4 is 0 Å². The summed E-state index contributed by atoms with van der Waals surface area (Å²) in [4.78, 5) is 0. The summed E-state index contributed by atoms with van der Waals surface area (Å²) in [5.41, 5.74) is -0.793. The highest BCUT2D eigenvalue weighted by Crippen LogP contribution is 2.60. The molecule has 2 rings (SSSR count). The second-order valence-electron chi connectivity index (χ2n) is 7.04. The van der Waals surface area contributed by atoms with E-state index in [4.69, 9.17) is 0 Å². The van der Waals surface area contributed by atoms with E-state index in [1.54, 1.807) is 0 Å². The number of rotatable bonds is 0. The fourth-order valence-corrected chi connectivity index (χ4v) is 4.37. The van der Waals surface area contributed by atoms with Gasteiger partial charge in [-0.2, -0.15) is 0 Å². The van der Waals surface area contributed by atoms with E-state index in [1.807, 2.05) is 6.92 Å². The molecular formula is C14H26O2. The van der Waals surface area contributed by atoms with Crippen LogP contribution in [0.4, 0.5) is 0 Å². The van der Waals surface area contributed by atoms with Crippen molar-refractivity contribution in [3.05, 3.63) is 0 Å². The van der Waals surface area contributed by atoms with Crippen molar-refractivity contribution in [2.24, 2.45) is 16.7 Å². The minimum Gasteiger partial charge on any atom is -0.392 e. The molecule has 0 spiro atoms. The third-order valence-corrected chi connectivity index (χ3v) is 5.74. The van der Waals surface area contributed by atoms with Gasteiger partial charge in [0.2, 0.25) is 0 Å². The van der Waals surface area contributed by atoms with Crippen molar-refractivity contribution in [1.82, 2.24) is 0 Å². The van der Waals surface area contributed by atoms with Gasteiger partial charge in [0, 0.05) is 5.41 Å². The third kappa shape index (κ3) is 1.46. The fourth-order valence-electron chi connectivity index (χ4n) is 4.37. The molecule has 2 saturated carbocycles. The zero-order valence-electron chi connectivity index (χ0n) is 11.1. The first kappa shape index (κ1) is 12.4. The summed E-state index contributed by atoms with van der Waals surface area (Å²) in [6, 6.07) is 0. The molecule has 2 heteroatoms. The van der Waals surface area contributed by atoms with E-state index in [1.165, 1.54) is 0 Å². The Balaban J connectivity index is 2.43. The van der Waals surface area contributed by atoms with Gasteiger partial charge in [-0.05, 0) is 43.9 Å². The molecule has 0 amide bonds. The van der Waals surface area contributed by atoms with Gasteiger partial charge in [0.05, 0.1) is 11.7 Å². The maximum Gasteiger partial charge on any atom is 0.0700 e. The summed E-state index contributed by atoms with van der Waals surface area (Å²) in [6.45, 7) is 8.61. The molecule has 0 heterocycles. The average molecular weight is 226 g/mol. The largest absolute Gasteiger partial charge is 0.392 e. The van der Waals surface area contributed by atoms with Crippen LogP contribution in [0.2, 0.25) is 0 Å². The minimum absolute atomic E-state index is 0.248. The molecule has 0 bridgehead atoms. The minimum atomic E-state index is -0.715. The van der Waals surface area contributed by atoms with Crippen LogP contribution >= 0.6 is 0 Å². The van der Waals surface area contributed by atoms with Crippen LogP contribution in [0.1, 0.15) is 59.8 Å². The van der Waals surface area contributed by atoms with E-state index >= 15 is 0 Å². The maximum atomic E-state index is 10.7. The molecule has 0 aromatic heterocycles. The highest BCUT2D eigenvalue weighted by Gasteiger charge is 2.60. The molecule has 0 saturated heterocycles. The Morgan fingerprint density at radius 2 is 1.62 bits per heavy atom. The average Bonchev–Trinajstić information content (AvgIpc) is 2.16. The van der Waals surface area contributed by atoms with E-state index in [0.29, 0.717) is 5.92 Å². The first-order valence-electron chi connectivity index (χ1n) is 6.62. The second kappa shape index (κ2) is 3.46. The summed E-state index contributed by atoms with van der Waals surface area (Å²) in [5, 5.41) is 21.0. The number of hydrogen-bond acceptors (Lipinski definition) is 2. The van der Waals surface area contributed by atoms with E-state index in [2.05, 4.69) is 20.8 Å². The molecule has 16 heavy (non-hydrogen) atoms. The van der Waals surface area contributed by atoms with E-state index in [0.717, 1.165) is 32.1 Å². The summed E-state index contributed by atoms with van der Waals surface area (Å²) < 4.78 is 0. The van der Waals surface area contributed by atoms with Crippen molar-refractivity contribution < 1.29 is 10.2 Å². The van der Waals surface area contributed by atoms with Gasteiger partial charge in [-0.1, -0.05) is 27.2 Å².